The monoisotopic (exact) mass is 278 g/mol. The Morgan fingerprint density at radius 2 is 2.05 bits per heavy atom. The van der Waals surface area contributed by atoms with E-state index in [4.69, 9.17) is 0 Å². The molecule has 1 aromatic heterocycles. The molecule has 2 N–H and O–H groups in total. The molecule has 0 saturated carbocycles. The van der Waals surface area contributed by atoms with Crippen molar-refractivity contribution in [3.63, 3.8) is 0 Å². The molecule has 2 heterocycles. The quantitative estimate of drug-likeness (QED) is 0.834. The first kappa shape index (κ1) is 15.0. The molecule has 5 heteroatoms. The predicted molar refractivity (Wildman–Crippen MR) is 82.2 cm³/mol. The summed E-state index contributed by atoms with van der Waals surface area (Å²) in [4.78, 5) is 11.5. The van der Waals surface area contributed by atoms with Crippen LogP contribution in [-0.2, 0) is 6.42 Å². The van der Waals surface area contributed by atoms with Gasteiger partial charge in [0.2, 0.25) is 0 Å². The van der Waals surface area contributed by atoms with E-state index < -0.39 is 0 Å². The molecule has 5 nitrogen and oxygen atoms in total. The normalized spacial score (nSPS) is 16.4. The maximum atomic E-state index is 9.22. The van der Waals surface area contributed by atoms with Crippen LogP contribution in [0.25, 0.3) is 0 Å². The molecule has 20 heavy (non-hydrogen) atoms. The summed E-state index contributed by atoms with van der Waals surface area (Å²) in [6.45, 7) is 7.42. The molecule has 0 unspecified atom stereocenters. The summed E-state index contributed by atoms with van der Waals surface area (Å²) < 4.78 is 0. The molecule has 0 radical (unpaired) electrons. The molecule has 0 spiro atoms. The zero-order valence-electron chi connectivity index (χ0n) is 12.6. The van der Waals surface area contributed by atoms with Crippen molar-refractivity contribution in [1.29, 1.82) is 0 Å². The molecule has 1 aliphatic heterocycles. The van der Waals surface area contributed by atoms with E-state index in [9.17, 15) is 5.11 Å². The average Bonchev–Trinajstić information content (AvgIpc) is 2.52. The molecule has 1 fully saturated rings. The van der Waals surface area contributed by atoms with E-state index >= 15 is 0 Å². The maximum absolute atomic E-state index is 9.22. The molecule has 112 valence electrons. The van der Waals surface area contributed by atoms with Gasteiger partial charge in [-0.2, -0.15) is 0 Å². The second-order valence-corrected chi connectivity index (χ2v) is 5.42. The summed E-state index contributed by atoms with van der Waals surface area (Å²) in [5, 5.41) is 12.6. The third kappa shape index (κ3) is 3.82. The van der Waals surface area contributed by atoms with E-state index in [1.807, 2.05) is 6.07 Å². The molecule has 0 atom stereocenters. The smallest absolute Gasteiger partial charge is 0.134 e. The van der Waals surface area contributed by atoms with Crippen molar-refractivity contribution in [3.8, 4) is 0 Å². The Morgan fingerprint density at radius 3 is 2.65 bits per heavy atom. The fraction of sp³-hybridized carbons (Fsp3) is 0.733. The van der Waals surface area contributed by atoms with Crippen LogP contribution in [0.5, 0.6) is 0 Å². The second-order valence-electron chi connectivity index (χ2n) is 5.42. The number of rotatable bonds is 6. The lowest BCUT2D eigenvalue weighted by Gasteiger charge is -2.32. The van der Waals surface area contributed by atoms with Crippen LogP contribution >= 0.6 is 0 Å². The van der Waals surface area contributed by atoms with E-state index in [0.717, 1.165) is 62.8 Å². The van der Waals surface area contributed by atoms with Crippen molar-refractivity contribution in [2.24, 2.45) is 5.92 Å². The van der Waals surface area contributed by atoms with E-state index in [2.05, 4.69) is 34.0 Å². The summed E-state index contributed by atoms with van der Waals surface area (Å²) in [6.07, 6.45) is 4.02. The highest BCUT2D eigenvalue weighted by molar-refractivity contribution is 5.49. The van der Waals surface area contributed by atoms with Crippen LogP contribution < -0.4 is 10.2 Å². The van der Waals surface area contributed by atoms with Gasteiger partial charge < -0.3 is 15.3 Å². The van der Waals surface area contributed by atoms with Crippen molar-refractivity contribution in [2.75, 3.05) is 36.5 Å². The van der Waals surface area contributed by atoms with Gasteiger partial charge in [0.15, 0.2) is 0 Å². The molecular formula is C15H26N4O. The highest BCUT2D eigenvalue weighted by atomic mass is 16.3. The molecule has 0 amide bonds. The van der Waals surface area contributed by atoms with Crippen molar-refractivity contribution in [1.82, 2.24) is 9.97 Å². The van der Waals surface area contributed by atoms with Gasteiger partial charge in [0.25, 0.3) is 0 Å². The number of aromatic nitrogens is 2. The molecule has 0 aromatic carbocycles. The van der Waals surface area contributed by atoms with E-state index in [-0.39, 0.29) is 0 Å². The molecule has 0 bridgehead atoms. The van der Waals surface area contributed by atoms with Crippen LogP contribution in [0.1, 0.15) is 38.9 Å². The maximum Gasteiger partial charge on any atom is 0.134 e. The number of aliphatic hydroxyl groups is 1. The summed E-state index contributed by atoms with van der Waals surface area (Å²) in [7, 11) is 0. The van der Waals surface area contributed by atoms with Gasteiger partial charge in [0, 0.05) is 38.7 Å². The van der Waals surface area contributed by atoms with Crippen LogP contribution in [0.3, 0.4) is 0 Å². The van der Waals surface area contributed by atoms with Crippen molar-refractivity contribution >= 4 is 11.6 Å². The van der Waals surface area contributed by atoms with Crippen molar-refractivity contribution in [2.45, 2.75) is 39.5 Å². The first-order valence-electron chi connectivity index (χ1n) is 7.74. The van der Waals surface area contributed by atoms with Gasteiger partial charge in [-0.1, -0.05) is 13.8 Å². The van der Waals surface area contributed by atoms with Gasteiger partial charge in [0.05, 0.1) is 0 Å². The van der Waals surface area contributed by atoms with Gasteiger partial charge in [0.1, 0.15) is 17.5 Å². The standard InChI is InChI=1S/C15H26N4O/c1-3-7-16-14-10-15(18-13(4-2)17-14)19-8-5-12(11-20)6-9-19/h10,12,20H,3-9,11H2,1-2H3,(H,16,17,18). The van der Waals surface area contributed by atoms with Gasteiger partial charge >= 0.3 is 0 Å². The average molecular weight is 278 g/mol. The van der Waals surface area contributed by atoms with Gasteiger partial charge in [-0.05, 0) is 25.2 Å². The van der Waals surface area contributed by atoms with Crippen LogP contribution in [0.4, 0.5) is 11.6 Å². The summed E-state index contributed by atoms with van der Waals surface area (Å²) in [5.41, 5.74) is 0. The Hall–Kier alpha value is -1.36. The fourth-order valence-corrected chi connectivity index (χ4v) is 2.49. The molecular weight excluding hydrogens is 252 g/mol. The lowest BCUT2D eigenvalue weighted by molar-refractivity contribution is 0.203. The summed E-state index contributed by atoms with van der Waals surface area (Å²) in [6, 6.07) is 2.05. The van der Waals surface area contributed by atoms with Crippen LogP contribution in [0, 0.1) is 5.92 Å². The van der Waals surface area contributed by atoms with E-state index in [1.165, 1.54) is 0 Å². The first-order valence-corrected chi connectivity index (χ1v) is 7.74. The minimum absolute atomic E-state index is 0.307. The third-order valence-electron chi connectivity index (χ3n) is 3.83. The largest absolute Gasteiger partial charge is 0.396 e. The second kappa shape index (κ2) is 7.43. The van der Waals surface area contributed by atoms with Gasteiger partial charge in [-0.25, -0.2) is 9.97 Å². The third-order valence-corrected chi connectivity index (χ3v) is 3.83. The minimum atomic E-state index is 0.307. The van der Waals surface area contributed by atoms with E-state index in [1.54, 1.807) is 0 Å². The van der Waals surface area contributed by atoms with Crippen LogP contribution in [0.2, 0.25) is 0 Å². The minimum Gasteiger partial charge on any atom is -0.396 e. The predicted octanol–water partition coefficient (Wildman–Crippen LogP) is 2.07. The number of hydrogen-bond donors (Lipinski definition) is 2. The number of hydrogen-bond acceptors (Lipinski definition) is 5. The molecule has 1 saturated heterocycles. The van der Waals surface area contributed by atoms with Crippen molar-refractivity contribution in [3.05, 3.63) is 11.9 Å². The topological polar surface area (TPSA) is 61.3 Å². The zero-order chi connectivity index (χ0) is 14.4. The van der Waals surface area contributed by atoms with Gasteiger partial charge in [-0.3, -0.25) is 0 Å². The molecule has 2 rings (SSSR count). The summed E-state index contributed by atoms with van der Waals surface area (Å²) in [5.74, 6) is 3.30. The number of nitrogens with one attached hydrogen (secondary N) is 1. The van der Waals surface area contributed by atoms with Gasteiger partial charge in [-0.15, -0.1) is 0 Å². The first-order chi connectivity index (χ1) is 9.76. The molecule has 1 aliphatic rings. The lowest BCUT2D eigenvalue weighted by Crippen LogP contribution is -2.35. The highest BCUT2D eigenvalue weighted by Crippen LogP contribution is 2.23. The Kier molecular flexibility index (Phi) is 5.59. The van der Waals surface area contributed by atoms with E-state index in [0.29, 0.717) is 12.5 Å². The lowest BCUT2D eigenvalue weighted by atomic mass is 9.98. The fourth-order valence-electron chi connectivity index (χ4n) is 2.49. The Labute approximate surface area is 121 Å². The Balaban J connectivity index is 2.10. The molecule has 1 aromatic rings. The number of piperidine rings is 1. The SMILES string of the molecule is CCCNc1cc(N2CCC(CO)CC2)nc(CC)n1. The van der Waals surface area contributed by atoms with Crippen LogP contribution in [-0.4, -0.2) is 41.3 Å². The summed E-state index contributed by atoms with van der Waals surface area (Å²) >= 11 is 0. The van der Waals surface area contributed by atoms with Crippen LogP contribution in [0.15, 0.2) is 6.07 Å². The zero-order valence-corrected chi connectivity index (χ0v) is 12.6. The Morgan fingerprint density at radius 1 is 1.30 bits per heavy atom. The molecule has 0 aliphatic carbocycles. The number of aliphatic hydroxyl groups excluding tert-OH is 1. The number of aryl methyl sites for hydroxylation is 1. The Bertz CT molecular complexity index is 416. The highest BCUT2D eigenvalue weighted by Gasteiger charge is 2.20. The number of nitrogens with zero attached hydrogens (tertiary/aromatic N) is 3. The number of anilines is 2. The van der Waals surface area contributed by atoms with Crippen molar-refractivity contribution < 1.29 is 5.11 Å².